The van der Waals surface area contributed by atoms with Gasteiger partial charge in [0.2, 0.25) is 5.95 Å². The lowest BCUT2D eigenvalue weighted by Gasteiger charge is -2.21. The molecular weight excluding hydrogens is 196 g/mol. The van der Waals surface area contributed by atoms with E-state index in [1.165, 1.54) is 0 Å². The van der Waals surface area contributed by atoms with Crippen LogP contribution in [0.15, 0.2) is 0 Å². The zero-order chi connectivity index (χ0) is 11.8. The summed E-state index contributed by atoms with van der Waals surface area (Å²) < 4.78 is 0. The van der Waals surface area contributed by atoms with Crippen molar-refractivity contribution in [2.24, 2.45) is 0 Å². The Kier molecular flexibility index (Phi) is 2.53. The SMILES string of the molecule is CC(C)(C)c1c(N)nc(N)nc1C(=O)O. The van der Waals surface area contributed by atoms with Gasteiger partial charge in [0.1, 0.15) is 5.82 Å². The predicted octanol–water partition coefficient (Wildman–Crippen LogP) is 0.637. The molecule has 1 rings (SSSR count). The molecule has 0 unspecified atom stereocenters. The minimum absolute atomic E-state index is 0.118. The van der Waals surface area contributed by atoms with Gasteiger partial charge in [-0.25, -0.2) is 9.78 Å². The quantitative estimate of drug-likeness (QED) is 0.626. The molecule has 0 saturated heterocycles. The van der Waals surface area contributed by atoms with Gasteiger partial charge < -0.3 is 16.6 Å². The first-order valence-corrected chi connectivity index (χ1v) is 4.40. The Balaban J connectivity index is 3.55. The molecule has 1 aromatic rings. The van der Waals surface area contributed by atoms with Gasteiger partial charge in [-0.3, -0.25) is 0 Å². The Morgan fingerprint density at radius 1 is 1.27 bits per heavy atom. The minimum atomic E-state index is -1.15. The van der Waals surface area contributed by atoms with Gasteiger partial charge in [-0.05, 0) is 5.41 Å². The molecule has 0 aliphatic heterocycles. The Morgan fingerprint density at radius 3 is 2.20 bits per heavy atom. The minimum Gasteiger partial charge on any atom is -0.476 e. The first kappa shape index (κ1) is 11.2. The van der Waals surface area contributed by atoms with Crippen molar-refractivity contribution in [2.45, 2.75) is 26.2 Å². The maximum atomic E-state index is 11.0. The highest BCUT2D eigenvalue weighted by Crippen LogP contribution is 2.29. The van der Waals surface area contributed by atoms with Crippen molar-refractivity contribution in [2.75, 3.05) is 11.5 Å². The Labute approximate surface area is 87.3 Å². The second-order valence-electron chi connectivity index (χ2n) is 4.25. The Morgan fingerprint density at radius 2 is 1.80 bits per heavy atom. The van der Waals surface area contributed by atoms with Crippen LogP contribution >= 0.6 is 0 Å². The topological polar surface area (TPSA) is 115 Å². The fourth-order valence-electron chi connectivity index (χ4n) is 1.39. The van der Waals surface area contributed by atoms with E-state index < -0.39 is 11.4 Å². The van der Waals surface area contributed by atoms with Crippen molar-refractivity contribution in [3.05, 3.63) is 11.3 Å². The molecule has 0 aliphatic rings. The van der Waals surface area contributed by atoms with Crippen LogP contribution < -0.4 is 11.5 Å². The molecule has 1 aromatic heterocycles. The van der Waals surface area contributed by atoms with Gasteiger partial charge in [0, 0.05) is 5.56 Å². The van der Waals surface area contributed by atoms with Gasteiger partial charge in [-0.2, -0.15) is 4.98 Å². The third kappa shape index (κ3) is 2.15. The number of carbonyl (C=O) groups is 1. The van der Waals surface area contributed by atoms with E-state index in [1.54, 1.807) is 0 Å². The van der Waals surface area contributed by atoms with Gasteiger partial charge in [0.05, 0.1) is 0 Å². The van der Waals surface area contributed by atoms with E-state index in [9.17, 15) is 4.79 Å². The Bertz CT molecular complexity index is 409. The van der Waals surface area contributed by atoms with Crippen LogP contribution in [-0.4, -0.2) is 21.0 Å². The van der Waals surface area contributed by atoms with Crippen molar-refractivity contribution in [1.29, 1.82) is 0 Å². The van der Waals surface area contributed by atoms with E-state index in [1.807, 2.05) is 20.8 Å². The predicted molar refractivity (Wildman–Crippen MR) is 56.5 cm³/mol. The number of nitrogens with zero attached hydrogens (tertiary/aromatic N) is 2. The van der Waals surface area contributed by atoms with Gasteiger partial charge >= 0.3 is 5.97 Å². The summed E-state index contributed by atoms with van der Waals surface area (Å²) in [7, 11) is 0. The summed E-state index contributed by atoms with van der Waals surface area (Å²) in [6, 6.07) is 0. The summed E-state index contributed by atoms with van der Waals surface area (Å²) in [6.07, 6.45) is 0. The number of rotatable bonds is 1. The largest absolute Gasteiger partial charge is 0.476 e. The summed E-state index contributed by atoms with van der Waals surface area (Å²) >= 11 is 0. The van der Waals surface area contributed by atoms with Gasteiger partial charge in [-0.1, -0.05) is 20.8 Å². The van der Waals surface area contributed by atoms with E-state index in [0.29, 0.717) is 5.56 Å². The molecule has 15 heavy (non-hydrogen) atoms. The third-order valence-electron chi connectivity index (χ3n) is 1.91. The fraction of sp³-hybridized carbons (Fsp3) is 0.444. The Hall–Kier alpha value is -1.85. The average molecular weight is 210 g/mol. The number of aromatic carboxylic acids is 1. The molecule has 5 N–H and O–H groups in total. The molecular formula is C9H14N4O2. The summed E-state index contributed by atoms with van der Waals surface area (Å²) in [5.41, 5.74) is 10.8. The molecule has 6 heteroatoms. The second kappa shape index (κ2) is 3.38. The van der Waals surface area contributed by atoms with E-state index in [4.69, 9.17) is 16.6 Å². The van der Waals surface area contributed by atoms with Crippen LogP contribution in [0.2, 0.25) is 0 Å². The van der Waals surface area contributed by atoms with Crippen molar-refractivity contribution in [1.82, 2.24) is 9.97 Å². The monoisotopic (exact) mass is 210 g/mol. The van der Waals surface area contributed by atoms with Crippen LogP contribution in [-0.2, 0) is 5.41 Å². The molecule has 6 nitrogen and oxygen atoms in total. The van der Waals surface area contributed by atoms with Crippen molar-refractivity contribution >= 4 is 17.7 Å². The maximum absolute atomic E-state index is 11.0. The molecule has 82 valence electrons. The number of hydrogen-bond acceptors (Lipinski definition) is 5. The lowest BCUT2D eigenvalue weighted by atomic mass is 9.86. The molecule has 0 spiro atoms. The number of anilines is 2. The normalized spacial score (nSPS) is 11.4. The highest BCUT2D eigenvalue weighted by Gasteiger charge is 2.27. The van der Waals surface area contributed by atoms with Crippen LogP contribution in [0.4, 0.5) is 11.8 Å². The highest BCUT2D eigenvalue weighted by atomic mass is 16.4. The average Bonchev–Trinajstić information content (AvgIpc) is 1.99. The van der Waals surface area contributed by atoms with Crippen LogP contribution in [0.5, 0.6) is 0 Å². The zero-order valence-corrected chi connectivity index (χ0v) is 8.90. The molecule has 0 saturated carbocycles. The summed E-state index contributed by atoms with van der Waals surface area (Å²) in [6.45, 7) is 5.51. The summed E-state index contributed by atoms with van der Waals surface area (Å²) in [5, 5.41) is 8.98. The number of carboxylic acid groups (broad SMARTS) is 1. The zero-order valence-electron chi connectivity index (χ0n) is 8.90. The third-order valence-corrected chi connectivity index (χ3v) is 1.91. The highest BCUT2D eigenvalue weighted by molar-refractivity contribution is 5.89. The van der Waals surface area contributed by atoms with Gasteiger partial charge in [-0.15, -0.1) is 0 Å². The van der Waals surface area contributed by atoms with Crippen molar-refractivity contribution in [3.8, 4) is 0 Å². The second-order valence-corrected chi connectivity index (χ2v) is 4.25. The lowest BCUT2D eigenvalue weighted by molar-refractivity contribution is 0.0687. The number of nitrogens with two attached hydrogens (primary N) is 2. The molecule has 0 aromatic carbocycles. The molecule has 0 radical (unpaired) electrons. The number of nitrogen functional groups attached to an aromatic ring is 2. The van der Waals surface area contributed by atoms with E-state index in [-0.39, 0.29) is 17.5 Å². The summed E-state index contributed by atoms with van der Waals surface area (Å²) in [5.74, 6) is -1.16. The van der Waals surface area contributed by atoms with Crippen LogP contribution in [0.25, 0.3) is 0 Å². The first-order valence-electron chi connectivity index (χ1n) is 4.40. The number of carboxylic acids is 1. The molecule has 0 fully saturated rings. The van der Waals surface area contributed by atoms with E-state index >= 15 is 0 Å². The van der Waals surface area contributed by atoms with E-state index in [0.717, 1.165) is 0 Å². The standard InChI is InChI=1S/C9H14N4O2/c1-9(2,3)4-5(7(14)15)12-8(11)13-6(4)10/h1-3H3,(H,14,15)(H4,10,11,12,13). The molecule has 0 aliphatic carbocycles. The van der Waals surface area contributed by atoms with Crippen molar-refractivity contribution in [3.63, 3.8) is 0 Å². The van der Waals surface area contributed by atoms with Gasteiger partial charge in [0.25, 0.3) is 0 Å². The molecule has 0 amide bonds. The van der Waals surface area contributed by atoms with Crippen LogP contribution in [0.1, 0.15) is 36.8 Å². The van der Waals surface area contributed by atoms with Gasteiger partial charge in [0.15, 0.2) is 5.69 Å². The van der Waals surface area contributed by atoms with E-state index in [2.05, 4.69) is 9.97 Å². The first-order chi connectivity index (χ1) is 6.73. The molecule has 1 heterocycles. The molecule has 0 atom stereocenters. The van der Waals surface area contributed by atoms with Crippen LogP contribution in [0, 0.1) is 0 Å². The number of hydrogen-bond donors (Lipinski definition) is 3. The summed E-state index contributed by atoms with van der Waals surface area (Å²) in [4.78, 5) is 18.4. The maximum Gasteiger partial charge on any atom is 0.355 e. The lowest BCUT2D eigenvalue weighted by Crippen LogP contribution is -2.22. The number of aromatic nitrogens is 2. The van der Waals surface area contributed by atoms with Crippen molar-refractivity contribution < 1.29 is 9.90 Å². The molecule has 0 bridgehead atoms. The fourth-order valence-corrected chi connectivity index (χ4v) is 1.39. The van der Waals surface area contributed by atoms with Crippen LogP contribution in [0.3, 0.4) is 0 Å². The smallest absolute Gasteiger partial charge is 0.355 e.